The van der Waals surface area contributed by atoms with Crippen molar-refractivity contribution in [2.45, 2.75) is 6.54 Å². The van der Waals surface area contributed by atoms with Gasteiger partial charge in [0, 0.05) is 6.54 Å². The van der Waals surface area contributed by atoms with Crippen LogP contribution in [0.3, 0.4) is 0 Å². The molecule has 2 aromatic rings. The molecule has 0 spiro atoms. The monoisotopic (exact) mass is 277 g/mol. The zero-order valence-corrected chi connectivity index (χ0v) is 10.4. The van der Waals surface area contributed by atoms with E-state index in [1.807, 2.05) is 6.07 Å². The summed E-state index contributed by atoms with van der Waals surface area (Å²) in [6.07, 6.45) is 0. The second kappa shape index (κ2) is 5.55. The van der Waals surface area contributed by atoms with Crippen molar-refractivity contribution < 1.29 is 9.50 Å². The second-order valence-electron chi connectivity index (χ2n) is 3.78. The van der Waals surface area contributed by atoms with Crippen LogP contribution >= 0.6 is 11.6 Å². The van der Waals surface area contributed by atoms with Crippen molar-refractivity contribution >= 4 is 17.4 Å². The van der Waals surface area contributed by atoms with E-state index < -0.39 is 5.82 Å². The Morgan fingerprint density at radius 3 is 2.84 bits per heavy atom. The molecule has 0 aliphatic rings. The Morgan fingerprint density at radius 1 is 1.37 bits per heavy atom. The van der Waals surface area contributed by atoms with Crippen LogP contribution in [0.1, 0.15) is 11.3 Å². The van der Waals surface area contributed by atoms with Crippen LogP contribution in [0.5, 0.6) is 5.75 Å². The summed E-state index contributed by atoms with van der Waals surface area (Å²) in [4.78, 5) is 4.00. The molecular weight excluding hydrogens is 269 g/mol. The lowest BCUT2D eigenvalue weighted by atomic mass is 10.2. The third kappa shape index (κ3) is 3.12. The molecule has 0 aliphatic heterocycles. The molecule has 0 saturated heterocycles. The Balaban J connectivity index is 2.10. The number of phenolic OH excluding ortho intramolecular Hbond substituents is 1. The Kier molecular flexibility index (Phi) is 3.83. The lowest BCUT2D eigenvalue weighted by molar-refractivity contribution is 0.432. The second-order valence-corrected chi connectivity index (χ2v) is 4.19. The maximum atomic E-state index is 13.1. The van der Waals surface area contributed by atoms with Gasteiger partial charge in [-0.3, -0.25) is 0 Å². The molecule has 0 atom stereocenters. The largest absolute Gasteiger partial charge is 0.505 e. The number of nitriles is 1. The molecular formula is C13H9ClFN3O. The lowest BCUT2D eigenvalue weighted by Crippen LogP contribution is -2.02. The van der Waals surface area contributed by atoms with Gasteiger partial charge in [0.1, 0.15) is 11.9 Å². The van der Waals surface area contributed by atoms with Gasteiger partial charge in [0.05, 0.1) is 5.02 Å². The minimum Gasteiger partial charge on any atom is -0.505 e. The topological polar surface area (TPSA) is 68.9 Å². The SMILES string of the molecule is N#Cc1nc(NCc2ccc(O)c(F)c2)ccc1Cl. The molecule has 0 unspecified atom stereocenters. The van der Waals surface area contributed by atoms with Crippen molar-refractivity contribution in [1.29, 1.82) is 5.26 Å². The first-order valence-electron chi connectivity index (χ1n) is 5.38. The van der Waals surface area contributed by atoms with E-state index in [0.29, 0.717) is 17.9 Å². The Morgan fingerprint density at radius 2 is 2.16 bits per heavy atom. The van der Waals surface area contributed by atoms with Gasteiger partial charge in [0.15, 0.2) is 17.3 Å². The number of halogens is 2. The highest BCUT2D eigenvalue weighted by molar-refractivity contribution is 6.31. The van der Waals surface area contributed by atoms with Crippen LogP contribution in [0.25, 0.3) is 0 Å². The molecule has 1 aromatic heterocycles. The fourth-order valence-electron chi connectivity index (χ4n) is 1.47. The Bertz CT molecular complexity index is 655. The van der Waals surface area contributed by atoms with Crippen LogP contribution < -0.4 is 5.32 Å². The molecule has 1 aromatic carbocycles. The number of rotatable bonds is 3. The van der Waals surface area contributed by atoms with Crippen LogP contribution in [-0.4, -0.2) is 10.1 Å². The number of pyridine rings is 1. The third-order valence-electron chi connectivity index (χ3n) is 2.44. The standard InChI is InChI=1S/C13H9ClFN3O/c14-9-2-4-13(18-11(9)6-16)17-7-8-1-3-12(19)10(15)5-8/h1-5,19H,7H2,(H,17,18). The number of benzene rings is 1. The van der Waals surface area contributed by atoms with Crippen molar-refractivity contribution in [2.24, 2.45) is 0 Å². The summed E-state index contributed by atoms with van der Waals surface area (Å²) >= 11 is 5.76. The molecule has 0 radical (unpaired) electrons. The summed E-state index contributed by atoms with van der Waals surface area (Å²) in [7, 11) is 0. The number of anilines is 1. The highest BCUT2D eigenvalue weighted by Crippen LogP contribution is 2.18. The lowest BCUT2D eigenvalue weighted by Gasteiger charge is -2.07. The molecule has 19 heavy (non-hydrogen) atoms. The first-order chi connectivity index (χ1) is 9.10. The van der Waals surface area contributed by atoms with Gasteiger partial charge in [-0.25, -0.2) is 9.37 Å². The fourth-order valence-corrected chi connectivity index (χ4v) is 1.62. The van der Waals surface area contributed by atoms with Crippen LogP contribution in [0.15, 0.2) is 30.3 Å². The van der Waals surface area contributed by atoms with Gasteiger partial charge in [-0.2, -0.15) is 5.26 Å². The van der Waals surface area contributed by atoms with E-state index in [1.54, 1.807) is 18.2 Å². The fraction of sp³-hybridized carbons (Fsp3) is 0.0769. The highest BCUT2D eigenvalue weighted by atomic mass is 35.5. The minimum atomic E-state index is -0.680. The predicted octanol–water partition coefficient (Wildman–Crippen LogP) is 3.06. The van der Waals surface area contributed by atoms with Crippen LogP contribution in [0.2, 0.25) is 5.02 Å². The molecule has 0 aliphatic carbocycles. The van der Waals surface area contributed by atoms with E-state index >= 15 is 0 Å². The van der Waals surface area contributed by atoms with Crippen LogP contribution in [0.4, 0.5) is 10.2 Å². The van der Waals surface area contributed by atoms with Gasteiger partial charge in [-0.15, -0.1) is 0 Å². The van der Waals surface area contributed by atoms with Crippen molar-refractivity contribution in [2.75, 3.05) is 5.32 Å². The van der Waals surface area contributed by atoms with Gasteiger partial charge in [-0.1, -0.05) is 17.7 Å². The molecule has 4 nitrogen and oxygen atoms in total. The number of nitrogens with one attached hydrogen (secondary N) is 1. The number of phenols is 1. The van der Waals surface area contributed by atoms with Crippen LogP contribution in [-0.2, 0) is 6.54 Å². The molecule has 0 saturated carbocycles. The van der Waals surface area contributed by atoms with Crippen molar-refractivity contribution in [1.82, 2.24) is 4.98 Å². The molecule has 0 amide bonds. The van der Waals surface area contributed by atoms with Gasteiger partial charge >= 0.3 is 0 Å². The summed E-state index contributed by atoms with van der Waals surface area (Å²) < 4.78 is 13.1. The van der Waals surface area contributed by atoms with Crippen molar-refractivity contribution in [3.63, 3.8) is 0 Å². The van der Waals surface area contributed by atoms with E-state index in [-0.39, 0.29) is 16.5 Å². The van der Waals surface area contributed by atoms with Crippen molar-refractivity contribution in [3.05, 3.63) is 52.4 Å². The average Bonchev–Trinajstić information content (AvgIpc) is 2.41. The quantitative estimate of drug-likeness (QED) is 0.905. The Labute approximate surface area is 114 Å². The number of hydrogen-bond donors (Lipinski definition) is 2. The summed E-state index contributed by atoms with van der Waals surface area (Å²) in [5.74, 6) is -0.601. The van der Waals surface area contributed by atoms with E-state index in [4.69, 9.17) is 22.0 Å². The highest BCUT2D eigenvalue weighted by Gasteiger charge is 2.04. The zero-order chi connectivity index (χ0) is 13.8. The number of aromatic hydroxyl groups is 1. The van der Waals surface area contributed by atoms with E-state index in [9.17, 15) is 4.39 Å². The van der Waals surface area contributed by atoms with Gasteiger partial charge in [0.2, 0.25) is 0 Å². The molecule has 2 rings (SSSR count). The average molecular weight is 278 g/mol. The van der Waals surface area contributed by atoms with E-state index in [2.05, 4.69) is 10.3 Å². The van der Waals surface area contributed by atoms with E-state index in [0.717, 1.165) is 0 Å². The first kappa shape index (κ1) is 13.1. The predicted molar refractivity (Wildman–Crippen MR) is 69.4 cm³/mol. The zero-order valence-electron chi connectivity index (χ0n) is 9.69. The molecule has 0 fully saturated rings. The third-order valence-corrected chi connectivity index (χ3v) is 2.74. The summed E-state index contributed by atoms with van der Waals surface area (Å²) in [5, 5.41) is 21.1. The number of nitrogens with zero attached hydrogens (tertiary/aromatic N) is 2. The smallest absolute Gasteiger partial charge is 0.165 e. The molecule has 96 valence electrons. The molecule has 6 heteroatoms. The maximum absolute atomic E-state index is 13.1. The first-order valence-corrected chi connectivity index (χ1v) is 5.76. The van der Waals surface area contributed by atoms with Gasteiger partial charge < -0.3 is 10.4 Å². The Hall–Kier alpha value is -2.32. The van der Waals surface area contributed by atoms with Gasteiger partial charge in [-0.05, 0) is 29.8 Å². The molecule has 2 N–H and O–H groups in total. The maximum Gasteiger partial charge on any atom is 0.165 e. The van der Waals surface area contributed by atoms with Gasteiger partial charge in [0.25, 0.3) is 0 Å². The number of aromatic nitrogens is 1. The minimum absolute atomic E-state index is 0.128. The van der Waals surface area contributed by atoms with Crippen molar-refractivity contribution in [3.8, 4) is 11.8 Å². The summed E-state index contributed by atoms with van der Waals surface area (Å²) in [6.45, 7) is 0.316. The molecule has 0 bridgehead atoms. The van der Waals surface area contributed by atoms with E-state index in [1.165, 1.54) is 12.1 Å². The number of hydrogen-bond acceptors (Lipinski definition) is 4. The summed E-state index contributed by atoms with van der Waals surface area (Å²) in [5.41, 5.74) is 0.772. The normalized spacial score (nSPS) is 9.95. The van der Waals surface area contributed by atoms with Crippen LogP contribution in [0, 0.1) is 17.1 Å². The molecule has 1 heterocycles. The summed E-state index contributed by atoms with van der Waals surface area (Å²) in [6, 6.07) is 9.16.